The van der Waals surface area contributed by atoms with E-state index in [2.05, 4.69) is 20.6 Å². The van der Waals surface area contributed by atoms with Gasteiger partial charge in [0.05, 0.1) is 18.2 Å². The van der Waals surface area contributed by atoms with Gasteiger partial charge in [-0.25, -0.2) is 10.5 Å². The SMILES string of the molecule is COc1c(-c2ccc(-c3ccc(NCCNC(=O)CO)cc3)cc2)nc2ccncc2c1C(=O)NO. The van der Waals surface area contributed by atoms with Crippen molar-refractivity contribution in [3.63, 3.8) is 0 Å². The van der Waals surface area contributed by atoms with E-state index < -0.39 is 18.4 Å². The highest BCUT2D eigenvalue weighted by atomic mass is 16.5. The Labute approximate surface area is 206 Å². The van der Waals surface area contributed by atoms with Crippen LogP contribution in [0.15, 0.2) is 67.0 Å². The van der Waals surface area contributed by atoms with Gasteiger partial charge in [-0.15, -0.1) is 0 Å². The molecule has 0 bridgehead atoms. The minimum absolute atomic E-state index is 0.149. The summed E-state index contributed by atoms with van der Waals surface area (Å²) < 4.78 is 5.55. The Bertz CT molecular complexity index is 1370. The molecule has 2 aromatic carbocycles. The molecule has 2 aromatic heterocycles. The van der Waals surface area contributed by atoms with E-state index in [0.29, 0.717) is 29.7 Å². The Morgan fingerprint density at radius 3 is 2.25 bits per heavy atom. The molecule has 184 valence electrons. The number of nitrogens with one attached hydrogen (secondary N) is 3. The number of methoxy groups -OCH3 is 1. The lowest BCUT2D eigenvalue weighted by molar-refractivity contribution is -0.123. The van der Waals surface area contributed by atoms with Crippen molar-refractivity contribution in [1.29, 1.82) is 0 Å². The fraction of sp³-hybridized carbons (Fsp3) is 0.154. The molecular weight excluding hydrogens is 462 g/mol. The molecule has 10 nitrogen and oxygen atoms in total. The number of aliphatic hydroxyl groups excluding tert-OH is 1. The lowest BCUT2D eigenvalue weighted by Gasteiger charge is -2.15. The van der Waals surface area contributed by atoms with Crippen LogP contribution in [0.3, 0.4) is 0 Å². The van der Waals surface area contributed by atoms with Crippen molar-refractivity contribution in [2.45, 2.75) is 0 Å². The molecule has 0 aliphatic carbocycles. The van der Waals surface area contributed by atoms with Crippen LogP contribution >= 0.6 is 0 Å². The first kappa shape index (κ1) is 24.6. The van der Waals surface area contributed by atoms with E-state index >= 15 is 0 Å². The van der Waals surface area contributed by atoms with Crippen LogP contribution in [0.1, 0.15) is 10.4 Å². The molecule has 0 spiro atoms. The number of pyridine rings is 2. The van der Waals surface area contributed by atoms with Crippen molar-refractivity contribution in [3.8, 4) is 28.1 Å². The fourth-order valence-electron chi connectivity index (χ4n) is 3.83. The van der Waals surface area contributed by atoms with E-state index in [1.54, 1.807) is 17.7 Å². The monoisotopic (exact) mass is 487 g/mol. The Kier molecular flexibility index (Phi) is 7.69. The molecule has 0 fully saturated rings. The minimum atomic E-state index is -0.713. The molecule has 0 aliphatic rings. The van der Waals surface area contributed by atoms with Gasteiger partial charge in [0.25, 0.3) is 5.91 Å². The lowest BCUT2D eigenvalue weighted by Crippen LogP contribution is -2.30. The van der Waals surface area contributed by atoms with Crippen LogP contribution in [-0.4, -0.2) is 58.9 Å². The van der Waals surface area contributed by atoms with Gasteiger partial charge in [0.2, 0.25) is 5.91 Å². The van der Waals surface area contributed by atoms with Gasteiger partial charge >= 0.3 is 0 Å². The zero-order valence-corrected chi connectivity index (χ0v) is 19.5. The third-order valence-electron chi connectivity index (χ3n) is 5.57. The standard InChI is InChI=1S/C26H25N5O5/c1-36-25-23(26(34)31-35)20-14-27-11-10-21(20)30-24(25)18-4-2-16(3-5-18)17-6-8-19(9-7-17)28-12-13-29-22(33)15-32/h2-11,14,28,32,35H,12-13,15H2,1H3,(H,29,33)(H,31,34). The highest BCUT2D eigenvalue weighted by molar-refractivity contribution is 6.09. The third-order valence-corrected chi connectivity index (χ3v) is 5.57. The van der Waals surface area contributed by atoms with Crippen LogP contribution in [0.5, 0.6) is 5.75 Å². The molecule has 0 saturated heterocycles. The molecular formula is C26H25N5O5. The second-order valence-electron chi connectivity index (χ2n) is 7.79. The summed E-state index contributed by atoms with van der Waals surface area (Å²) in [6.45, 7) is 0.424. The number of ether oxygens (including phenoxy) is 1. The molecule has 0 atom stereocenters. The molecule has 0 saturated carbocycles. The van der Waals surface area contributed by atoms with Crippen molar-refractivity contribution >= 4 is 28.4 Å². The third kappa shape index (κ3) is 5.24. The molecule has 0 aliphatic heterocycles. The van der Waals surface area contributed by atoms with Gasteiger partial charge in [-0.05, 0) is 29.3 Å². The van der Waals surface area contributed by atoms with E-state index in [1.807, 2.05) is 48.5 Å². The van der Waals surface area contributed by atoms with E-state index in [-0.39, 0.29) is 11.3 Å². The largest absolute Gasteiger partial charge is 0.494 e. The summed E-state index contributed by atoms with van der Waals surface area (Å²) in [5.74, 6) is -0.882. The van der Waals surface area contributed by atoms with Crippen LogP contribution < -0.4 is 20.9 Å². The number of rotatable bonds is 9. The summed E-state index contributed by atoms with van der Waals surface area (Å²) in [5, 5.41) is 24.2. The number of benzene rings is 2. The highest BCUT2D eigenvalue weighted by Crippen LogP contribution is 2.36. The smallest absolute Gasteiger partial charge is 0.279 e. The molecule has 0 unspecified atom stereocenters. The molecule has 5 N–H and O–H groups in total. The van der Waals surface area contributed by atoms with Crippen LogP contribution in [0, 0.1) is 0 Å². The van der Waals surface area contributed by atoms with Gasteiger partial charge in [-0.1, -0.05) is 36.4 Å². The predicted octanol–water partition coefficient (Wildman–Crippen LogP) is 2.61. The van der Waals surface area contributed by atoms with E-state index in [1.165, 1.54) is 13.3 Å². The van der Waals surface area contributed by atoms with Gasteiger partial charge in [0, 0.05) is 42.1 Å². The molecule has 10 heteroatoms. The van der Waals surface area contributed by atoms with Gasteiger partial charge in [-0.2, -0.15) is 0 Å². The Morgan fingerprint density at radius 2 is 1.61 bits per heavy atom. The number of hydroxylamine groups is 1. The maximum absolute atomic E-state index is 12.5. The summed E-state index contributed by atoms with van der Waals surface area (Å²) in [7, 11) is 1.45. The fourth-order valence-corrected chi connectivity index (χ4v) is 3.83. The number of amides is 2. The Morgan fingerprint density at radius 1 is 0.944 bits per heavy atom. The van der Waals surface area contributed by atoms with Gasteiger partial charge in [-0.3, -0.25) is 19.8 Å². The van der Waals surface area contributed by atoms with Crippen LogP contribution in [0.2, 0.25) is 0 Å². The zero-order valence-electron chi connectivity index (χ0n) is 19.5. The first-order chi connectivity index (χ1) is 17.5. The molecule has 0 radical (unpaired) electrons. The number of aliphatic hydroxyl groups is 1. The second-order valence-corrected chi connectivity index (χ2v) is 7.79. The molecule has 4 aromatic rings. The number of nitrogens with zero attached hydrogens (tertiary/aromatic N) is 2. The zero-order chi connectivity index (χ0) is 25.5. The number of fused-ring (bicyclic) bond motifs is 1. The number of hydrogen-bond acceptors (Lipinski definition) is 8. The number of carbonyl (C=O) groups excluding carboxylic acids is 2. The first-order valence-electron chi connectivity index (χ1n) is 11.1. The summed E-state index contributed by atoms with van der Waals surface area (Å²) in [4.78, 5) is 32.3. The van der Waals surface area contributed by atoms with Crippen molar-refractivity contribution < 1.29 is 24.6 Å². The maximum atomic E-state index is 12.5. The number of hydrogen-bond donors (Lipinski definition) is 5. The molecule has 4 rings (SSSR count). The first-order valence-corrected chi connectivity index (χ1v) is 11.1. The summed E-state index contributed by atoms with van der Waals surface area (Å²) in [6, 6.07) is 17.2. The molecule has 2 amide bonds. The highest BCUT2D eigenvalue weighted by Gasteiger charge is 2.22. The van der Waals surface area contributed by atoms with Crippen molar-refractivity contribution in [2.24, 2.45) is 0 Å². The van der Waals surface area contributed by atoms with Crippen LogP contribution in [-0.2, 0) is 4.79 Å². The van der Waals surface area contributed by atoms with Crippen LogP contribution in [0.25, 0.3) is 33.3 Å². The summed E-state index contributed by atoms with van der Waals surface area (Å²) >= 11 is 0. The average molecular weight is 488 g/mol. The quantitative estimate of drug-likeness (QED) is 0.138. The van der Waals surface area contributed by atoms with Crippen molar-refractivity contribution in [1.82, 2.24) is 20.8 Å². The van der Waals surface area contributed by atoms with Crippen molar-refractivity contribution in [2.75, 3.05) is 32.1 Å². The molecule has 36 heavy (non-hydrogen) atoms. The van der Waals surface area contributed by atoms with Gasteiger partial charge in [0.1, 0.15) is 12.3 Å². The summed E-state index contributed by atoms with van der Waals surface area (Å²) in [6.07, 6.45) is 3.09. The number of carbonyl (C=O) groups is 2. The van der Waals surface area contributed by atoms with Gasteiger partial charge < -0.3 is 20.5 Å². The van der Waals surface area contributed by atoms with Crippen molar-refractivity contribution in [3.05, 3.63) is 72.6 Å². The maximum Gasteiger partial charge on any atom is 0.279 e. The predicted molar refractivity (Wildman–Crippen MR) is 135 cm³/mol. The Hall–Kier alpha value is -4.54. The van der Waals surface area contributed by atoms with E-state index in [0.717, 1.165) is 22.4 Å². The topological polar surface area (TPSA) is 146 Å². The number of aromatic nitrogens is 2. The van der Waals surface area contributed by atoms with Gasteiger partial charge in [0.15, 0.2) is 5.75 Å². The normalized spacial score (nSPS) is 10.6. The summed E-state index contributed by atoms with van der Waals surface area (Å²) in [5.41, 5.74) is 6.47. The van der Waals surface area contributed by atoms with E-state index in [4.69, 9.17) is 9.84 Å². The molecule has 2 heterocycles. The lowest BCUT2D eigenvalue weighted by atomic mass is 9.99. The Balaban J connectivity index is 1.57. The second kappa shape index (κ2) is 11.3. The minimum Gasteiger partial charge on any atom is -0.494 e. The average Bonchev–Trinajstić information content (AvgIpc) is 2.94. The van der Waals surface area contributed by atoms with Crippen LogP contribution in [0.4, 0.5) is 5.69 Å². The van der Waals surface area contributed by atoms with E-state index in [9.17, 15) is 14.8 Å². The number of anilines is 1.